The van der Waals surface area contributed by atoms with Gasteiger partial charge in [-0.3, -0.25) is 14.3 Å². The SMILES string of the molecule is CC(c1cccnc1)n1c(=S)[nH]c2ccsc2c1=O. The number of nitrogens with one attached hydrogen (secondary N) is 1. The highest BCUT2D eigenvalue weighted by atomic mass is 32.1. The molecule has 3 rings (SSSR count). The van der Waals surface area contributed by atoms with Gasteiger partial charge in [-0.2, -0.15) is 0 Å². The highest BCUT2D eigenvalue weighted by molar-refractivity contribution is 7.71. The second-order valence-electron chi connectivity index (χ2n) is 4.23. The summed E-state index contributed by atoms with van der Waals surface area (Å²) in [7, 11) is 0. The number of hydrogen-bond donors (Lipinski definition) is 1. The topological polar surface area (TPSA) is 50.7 Å². The molecule has 3 aromatic heterocycles. The van der Waals surface area contributed by atoms with Crippen LogP contribution in [0, 0.1) is 4.77 Å². The van der Waals surface area contributed by atoms with Gasteiger partial charge in [0, 0.05) is 12.4 Å². The number of thiophene rings is 1. The van der Waals surface area contributed by atoms with E-state index in [9.17, 15) is 4.79 Å². The number of nitrogens with zero attached hydrogens (tertiary/aromatic N) is 2. The van der Waals surface area contributed by atoms with Crippen molar-refractivity contribution in [1.82, 2.24) is 14.5 Å². The van der Waals surface area contributed by atoms with Gasteiger partial charge >= 0.3 is 0 Å². The van der Waals surface area contributed by atoms with Gasteiger partial charge in [0.05, 0.1) is 11.6 Å². The Balaban J connectivity index is 2.26. The van der Waals surface area contributed by atoms with Crippen LogP contribution in [0.15, 0.2) is 40.8 Å². The third-order valence-corrected chi connectivity index (χ3v) is 4.29. The molecule has 1 unspecified atom stereocenters. The van der Waals surface area contributed by atoms with E-state index < -0.39 is 0 Å². The van der Waals surface area contributed by atoms with Gasteiger partial charge in [0.15, 0.2) is 4.77 Å². The summed E-state index contributed by atoms with van der Waals surface area (Å²) in [5.74, 6) is 0. The second-order valence-corrected chi connectivity index (χ2v) is 5.53. The van der Waals surface area contributed by atoms with Crippen molar-refractivity contribution in [2.24, 2.45) is 0 Å². The zero-order valence-corrected chi connectivity index (χ0v) is 11.8. The minimum atomic E-state index is -0.142. The Kier molecular flexibility index (Phi) is 3.04. The molecule has 3 aromatic rings. The maximum absolute atomic E-state index is 12.5. The summed E-state index contributed by atoms with van der Waals surface area (Å²) in [5, 5.41) is 1.89. The van der Waals surface area contributed by atoms with Gasteiger partial charge < -0.3 is 4.98 Å². The Morgan fingerprint density at radius 2 is 2.32 bits per heavy atom. The van der Waals surface area contributed by atoms with Gasteiger partial charge in [0.2, 0.25) is 0 Å². The molecule has 0 aliphatic carbocycles. The average Bonchev–Trinajstić information content (AvgIpc) is 2.88. The van der Waals surface area contributed by atoms with E-state index in [4.69, 9.17) is 12.2 Å². The Morgan fingerprint density at radius 3 is 3.05 bits per heavy atom. The molecule has 6 heteroatoms. The van der Waals surface area contributed by atoms with E-state index in [1.165, 1.54) is 11.3 Å². The first-order valence-electron chi connectivity index (χ1n) is 5.80. The number of H-pyrrole nitrogens is 1. The molecule has 0 aliphatic heterocycles. The van der Waals surface area contributed by atoms with Crippen LogP contribution in [0.2, 0.25) is 0 Å². The lowest BCUT2D eigenvalue weighted by atomic mass is 10.1. The number of rotatable bonds is 2. The minimum absolute atomic E-state index is 0.0508. The summed E-state index contributed by atoms with van der Waals surface area (Å²) in [6, 6.07) is 5.53. The molecular formula is C13H11N3OS2. The normalized spacial score (nSPS) is 12.7. The Morgan fingerprint density at radius 1 is 1.47 bits per heavy atom. The fraction of sp³-hybridized carbons (Fsp3) is 0.154. The molecule has 0 radical (unpaired) electrons. The molecule has 0 saturated heterocycles. The van der Waals surface area contributed by atoms with Gasteiger partial charge in [-0.25, -0.2) is 0 Å². The van der Waals surface area contributed by atoms with E-state index in [0.29, 0.717) is 9.47 Å². The summed E-state index contributed by atoms with van der Waals surface area (Å²) < 4.78 is 2.74. The summed E-state index contributed by atoms with van der Waals surface area (Å²) in [6.45, 7) is 1.95. The summed E-state index contributed by atoms with van der Waals surface area (Å²) in [5.41, 5.74) is 1.71. The Labute approximate surface area is 118 Å². The van der Waals surface area contributed by atoms with Crippen LogP contribution in [0.1, 0.15) is 18.5 Å². The standard InChI is InChI=1S/C13H11N3OS2/c1-8(9-3-2-5-14-7-9)16-12(17)11-10(4-6-19-11)15-13(16)18/h2-8H,1H3,(H,15,18). The molecule has 0 spiro atoms. The zero-order chi connectivity index (χ0) is 13.4. The predicted octanol–water partition coefficient (Wildman–Crippen LogP) is 3.12. The molecule has 0 aromatic carbocycles. The van der Waals surface area contributed by atoms with E-state index >= 15 is 0 Å². The van der Waals surface area contributed by atoms with Crippen LogP contribution in [-0.4, -0.2) is 14.5 Å². The zero-order valence-electron chi connectivity index (χ0n) is 10.2. The van der Waals surface area contributed by atoms with Crippen molar-refractivity contribution >= 4 is 33.8 Å². The maximum Gasteiger partial charge on any atom is 0.272 e. The second kappa shape index (κ2) is 4.71. The molecule has 3 heterocycles. The van der Waals surface area contributed by atoms with E-state index in [2.05, 4.69) is 9.97 Å². The molecule has 4 nitrogen and oxygen atoms in total. The lowest BCUT2D eigenvalue weighted by Gasteiger charge is -2.15. The van der Waals surface area contributed by atoms with Gasteiger partial charge in [0.1, 0.15) is 4.70 Å². The van der Waals surface area contributed by atoms with Crippen LogP contribution in [0.5, 0.6) is 0 Å². The predicted molar refractivity (Wildman–Crippen MR) is 79.3 cm³/mol. The van der Waals surface area contributed by atoms with Crippen LogP contribution >= 0.6 is 23.6 Å². The van der Waals surface area contributed by atoms with Crippen LogP contribution < -0.4 is 5.56 Å². The van der Waals surface area contributed by atoms with Crippen molar-refractivity contribution in [2.45, 2.75) is 13.0 Å². The van der Waals surface area contributed by atoms with Gasteiger partial charge in [-0.05, 0) is 42.2 Å². The number of fused-ring (bicyclic) bond motifs is 1. The monoisotopic (exact) mass is 289 g/mol. The quantitative estimate of drug-likeness (QED) is 0.737. The van der Waals surface area contributed by atoms with Crippen LogP contribution in [0.25, 0.3) is 10.2 Å². The third-order valence-electron chi connectivity index (χ3n) is 3.09. The summed E-state index contributed by atoms with van der Waals surface area (Å²) in [6.07, 6.45) is 3.46. The number of aromatic amines is 1. The molecule has 1 N–H and O–H groups in total. The number of pyridine rings is 1. The molecule has 1 atom stereocenters. The molecule has 0 amide bonds. The van der Waals surface area contributed by atoms with Crippen LogP contribution in [0.4, 0.5) is 0 Å². The van der Waals surface area contributed by atoms with Crippen molar-refractivity contribution < 1.29 is 0 Å². The van der Waals surface area contributed by atoms with Crippen molar-refractivity contribution in [3.05, 3.63) is 56.7 Å². The molecule has 0 aliphatic rings. The van der Waals surface area contributed by atoms with Crippen molar-refractivity contribution in [2.75, 3.05) is 0 Å². The molecule has 0 saturated carbocycles. The largest absolute Gasteiger partial charge is 0.331 e. The fourth-order valence-electron chi connectivity index (χ4n) is 2.07. The minimum Gasteiger partial charge on any atom is -0.331 e. The van der Waals surface area contributed by atoms with Crippen molar-refractivity contribution in [3.63, 3.8) is 0 Å². The van der Waals surface area contributed by atoms with E-state index in [1.54, 1.807) is 17.0 Å². The molecule has 96 valence electrons. The first kappa shape index (κ1) is 12.3. The van der Waals surface area contributed by atoms with Crippen LogP contribution in [0.3, 0.4) is 0 Å². The molecule has 0 bridgehead atoms. The molecule has 0 fully saturated rings. The lowest BCUT2D eigenvalue weighted by Crippen LogP contribution is -2.25. The van der Waals surface area contributed by atoms with E-state index in [1.807, 2.05) is 30.5 Å². The Bertz CT molecular complexity index is 832. The summed E-state index contributed by atoms with van der Waals surface area (Å²) in [4.78, 5) is 19.7. The van der Waals surface area contributed by atoms with Crippen LogP contribution in [-0.2, 0) is 0 Å². The first-order chi connectivity index (χ1) is 9.18. The highest BCUT2D eigenvalue weighted by Gasteiger charge is 2.14. The maximum atomic E-state index is 12.5. The Hall–Kier alpha value is -1.79. The van der Waals surface area contributed by atoms with E-state index in [0.717, 1.165) is 11.1 Å². The number of aromatic nitrogens is 3. The molecule has 19 heavy (non-hydrogen) atoms. The smallest absolute Gasteiger partial charge is 0.272 e. The van der Waals surface area contributed by atoms with Gasteiger partial charge in [-0.1, -0.05) is 6.07 Å². The first-order valence-corrected chi connectivity index (χ1v) is 7.09. The highest BCUT2D eigenvalue weighted by Crippen LogP contribution is 2.19. The van der Waals surface area contributed by atoms with Crippen molar-refractivity contribution in [3.8, 4) is 0 Å². The third kappa shape index (κ3) is 2.02. The number of hydrogen-bond acceptors (Lipinski definition) is 4. The lowest BCUT2D eigenvalue weighted by molar-refractivity contribution is 0.598. The van der Waals surface area contributed by atoms with Crippen molar-refractivity contribution in [1.29, 1.82) is 0 Å². The van der Waals surface area contributed by atoms with E-state index in [-0.39, 0.29) is 11.6 Å². The fourth-order valence-corrected chi connectivity index (χ4v) is 3.21. The average molecular weight is 289 g/mol. The van der Waals surface area contributed by atoms with Gasteiger partial charge in [-0.15, -0.1) is 11.3 Å². The van der Waals surface area contributed by atoms with Gasteiger partial charge in [0.25, 0.3) is 5.56 Å². The molecular weight excluding hydrogens is 278 g/mol. The summed E-state index contributed by atoms with van der Waals surface area (Å²) >= 11 is 6.72.